The third-order valence-electron chi connectivity index (χ3n) is 3.59. The highest BCUT2D eigenvalue weighted by Gasteiger charge is 2.22. The molecule has 17 heavy (non-hydrogen) atoms. The van der Waals surface area contributed by atoms with Crippen molar-refractivity contribution in [2.24, 2.45) is 0 Å². The molecule has 0 aliphatic heterocycles. The van der Waals surface area contributed by atoms with Gasteiger partial charge in [-0.3, -0.25) is 4.79 Å². The Hall–Kier alpha value is -0.610. The van der Waals surface area contributed by atoms with Gasteiger partial charge < -0.3 is 15.3 Å². The fourth-order valence-corrected chi connectivity index (χ4v) is 2.45. The lowest BCUT2D eigenvalue weighted by molar-refractivity contribution is -0.130. The smallest absolute Gasteiger partial charge is 0.223 e. The van der Waals surface area contributed by atoms with Crippen molar-refractivity contribution in [3.05, 3.63) is 0 Å². The number of nitrogens with one attached hydrogen (secondary N) is 1. The number of rotatable bonds is 6. The number of aliphatic hydroxyl groups is 1. The van der Waals surface area contributed by atoms with Crippen LogP contribution in [-0.4, -0.2) is 47.7 Å². The van der Waals surface area contributed by atoms with Crippen LogP contribution in [0.3, 0.4) is 0 Å². The maximum absolute atomic E-state index is 11.8. The largest absolute Gasteiger partial charge is 0.392 e. The van der Waals surface area contributed by atoms with E-state index in [1.54, 1.807) is 0 Å². The first-order chi connectivity index (χ1) is 8.19. The zero-order valence-corrected chi connectivity index (χ0v) is 11.1. The number of hydrogen-bond donors (Lipinski definition) is 2. The van der Waals surface area contributed by atoms with Gasteiger partial charge in [-0.2, -0.15) is 0 Å². The van der Waals surface area contributed by atoms with Crippen molar-refractivity contribution in [2.45, 2.75) is 58.1 Å². The van der Waals surface area contributed by atoms with Crippen LogP contribution in [0.5, 0.6) is 0 Å². The van der Waals surface area contributed by atoms with Crippen molar-refractivity contribution in [1.29, 1.82) is 0 Å². The van der Waals surface area contributed by atoms with E-state index in [0.29, 0.717) is 13.0 Å². The molecule has 2 atom stereocenters. The van der Waals surface area contributed by atoms with E-state index >= 15 is 0 Å². The van der Waals surface area contributed by atoms with Gasteiger partial charge in [0.1, 0.15) is 0 Å². The van der Waals surface area contributed by atoms with Crippen molar-refractivity contribution < 1.29 is 9.90 Å². The maximum atomic E-state index is 11.8. The van der Waals surface area contributed by atoms with E-state index in [1.165, 1.54) is 6.42 Å². The first-order valence-electron chi connectivity index (χ1n) is 6.88. The third kappa shape index (κ3) is 4.64. The molecule has 4 heteroatoms. The van der Waals surface area contributed by atoms with Crippen LogP contribution in [0, 0.1) is 0 Å². The van der Waals surface area contributed by atoms with Gasteiger partial charge in [0.2, 0.25) is 5.91 Å². The van der Waals surface area contributed by atoms with Crippen molar-refractivity contribution in [2.75, 3.05) is 19.6 Å². The molecule has 1 rings (SSSR count). The first-order valence-corrected chi connectivity index (χ1v) is 6.88. The van der Waals surface area contributed by atoms with Crippen molar-refractivity contribution in [3.8, 4) is 0 Å². The molecule has 0 aromatic carbocycles. The summed E-state index contributed by atoms with van der Waals surface area (Å²) in [5.74, 6) is 0.202. The summed E-state index contributed by atoms with van der Waals surface area (Å²) in [4.78, 5) is 13.6. The zero-order chi connectivity index (χ0) is 12.7. The van der Waals surface area contributed by atoms with Gasteiger partial charge in [-0.15, -0.1) is 0 Å². The molecule has 0 aromatic rings. The molecule has 2 N–H and O–H groups in total. The Morgan fingerprint density at radius 1 is 1.29 bits per heavy atom. The summed E-state index contributed by atoms with van der Waals surface area (Å²) in [5, 5.41) is 13.1. The molecule has 0 spiro atoms. The summed E-state index contributed by atoms with van der Waals surface area (Å²) in [5.41, 5.74) is 0. The summed E-state index contributed by atoms with van der Waals surface area (Å²) in [6, 6.07) is 0.188. The second-order valence-corrected chi connectivity index (χ2v) is 4.73. The monoisotopic (exact) mass is 242 g/mol. The normalized spacial score (nSPS) is 24.6. The lowest BCUT2D eigenvalue weighted by atomic mass is 9.92. The summed E-state index contributed by atoms with van der Waals surface area (Å²) < 4.78 is 0. The first kappa shape index (κ1) is 14.5. The van der Waals surface area contributed by atoms with Crippen molar-refractivity contribution in [3.63, 3.8) is 0 Å². The molecule has 0 aromatic heterocycles. The van der Waals surface area contributed by atoms with Crippen LogP contribution in [-0.2, 0) is 4.79 Å². The Balaban J connectivity index is 2.20. The molecular formula is C13H26N2O2. The SMILES string of the molecule is CCN(CC)C(=O)CCN[C@@H]1CCCC[C@H]1O. The number of amides is 1. The molecule has 0 heterocycles. The molecular weight excluding hydrogens is 216 g/mol. The summed E-state index contributed by atoms with van der Waals surface area (Å²) in [6.45, 7) is 6.24. The van der Waals surface area contributed by atoms with Gasteiger partial charge in [0, 0.05) is 32.1 Å². The minimum atomic E-state index is -0.229. The quantitative estimate of drug-likeness (QED) is 0.734. The lowest BCUT2D eigenvalue weighted by Crippen LogP contribution is -2.43. The summed E-state index contributed by atoms with van der Waals surface area (Å²) in [6.07, 6.45) is 4.52. The maximum Gasteiger partial charge on any atom is 0.223 e. The average Bonchev–Trinajstić information content (AvgIpc) is 2.33. The molecule has 0 radical (unpaired) electrons. The van der Waals surface area contributed by atoms with Crippen LogP contribution in [0.4, 0.5) is 0 Å². The van der Waals surface area contributed by atoms with E-state index in [0.717, 1.165) is 32.4 Å². The zero-order valence-electron chi connectivity index (χ0n) is 11.1. The van der Waals surface area contributed by atoms with E-state index in [9.17, 15) is 9.90 Å². The van der Waals surface area contributed by atoms with Crippen molar-refractivity contribution in [1.82, 2.24) is 10.2 Å². The van der Waals surface area contributed by atoms with E-state index in [2.05, 4.69) is 5.32 Å². The summed E-state index contributed by atoms with van der Waals surface area (Å²) in [7, 11) is 0. The number of carbonyl (C=O) groups is 1. The molecule has 0 saturated heterocycles. The lowest BCUT2D eigenvalue weighted by Gasteiger charge is -2.28. The minimum Gasteiger partial charge on any atom is -0.392 e. The topological polar surface area (TPSA) is 52.6 Å². The molecule has 1 fully saturated rings. The fourth-order valence-electron chi connectivity index (χ4n) is 2.45. The number of carbonyl (C=O) groups excluding carboxylic acids is 1. The molecule has 1 aliphatic rings. The van der Waals surface area contributed by atoms with Gasteiger partial charge in [0.05, 0.1) is 6.10 Å². The van der Waals surface area contributed by atoms with Gasteiger partial charge in [-0.25, -0.2) is 0 Å². The highest BCUT2D eigenvalue weighted by atomic mass is 16.3. The molecule has 0 unspecified atom stereocenters. The van der Waals surface area contributed by atoms with Crippen molar-refractivity contribution >= 4 is 5.91 Å². The summed E-state index contributed by atoms with van der Waals surface area (Å²) >= 11 is 0. The minimum absolute atomic E-state index is 0.188. The van der Waals surface area contributed by atoms with Crippen LogP contribution >= 0.6 is 0 Å². The van der Waals surface area contributed by atoms with E-state index < -0.39 is 0 Å². The Morgan fingerprint density at radius 3 is 2.53 bits per heavy atom. The highest BCUT2D eigenvalue weighted by molar-refractivity contribution is 5.76. The predicted molar refractivity (Wildman–Crippen MR) is 68.8 cm³/mol. The van der Waals surface area contributed by atoms with E-state index in [-0.39, 0.29) is 18.1 Å². The van der Waals surface area contributed by atoms with E-state index in [1.807, 2.05) is 18.7 Å². The average molecular weight is 242 g/mol. The van der Waals surface area contributed by atoms with Gasteiger partial charge in [-0.05, 0) is 26.7 Å². The van der Waals surface area contributed by atoms with Crippen LogP contribution in [0.1, 0.15) is 46.0 Å². The van der Waals surface area contributed by atoms with E-state index in [4.69, 9.17) is 0 Å². The van der Waals surface area contributed by atoms with Gasteiger partial charge in [0.15, 0.2) is 0 Å². The fraction of sp³-hybridized carbons (Fsp3) is 0.923. The molecule has 0 bridgehead atoms. The van der Waals surface area contributed by atoms with Crippen LogP contribution in [0.25, 0.3) is 0 Å². The Labute approximate surface area is 104 Å². The Kier molecular flexibility index (Phi) is 6.52. The van der Waals surface area contributed by atoms with Gasteiger partial charge in [0.25, 0.3) is 0 Å². The van der Waals surface area contributed by atoms with Gasteiger partial charge >= 0.3 is 0 Å². The van der Waals surface area contributed by atoms with Crippen LogP contribution in [0.2, 0.25) is 0 Å². The molecule has 1 amide bonds. The number of hydrogen-bond acceptors (Lipinski definition) is 3. The van der Waals surface area contributed by atoms with Crippen LogP contribution in [0.15, 0.2) is 0 Å². The second kappa shape index (κ2) is 7.67. The van der Waals surface area contributed by atoms with Gasteiger partial charge in [-0.1, -0.05) is 12.8 Å². The second-order valence-electron chi connectivity index (χ2n) is 4.73. The standard InChI is InChI=1S/C13H26N2O2/c1-3-15(4-2)13(17)9-10-14-11-7-5-6-8-12(11)16/h11-12,14,16H,3-10H2,1-2H3/t11-,12-/m1/s1. The molecule has 100 valence electrons. The Morgan fingerprint density at radius 2 is 1.94 bits per heavy atom. The van der Waals surface area contributed by atoms with Crippen LogP contribution < -0.4 is 5.32 Å². The highest BCUT2D eigenvalue weighted by Crippen LogP contribution is 2.18. The number of aliphatic hydroxyl groups excluding tert-OH is 1. The molecule has 1 aliphatic carbocycles. The molecule has 1 saturated carbocycles. The predicted octanol–water partition coefficient (Wildman–Crippen LogP) is 1.14. The molecule has 4 nitrogen and oxygen atoms in total. The Bertz CT molecular complexity index is 229. The number of nitrogens with zero attached hydrogens (tertiary/aromatic N) is 1. The third-order valence-corrected chi connectivity index (χ3v) is 3.59.